The van der Waals surface area contributed by atoms with Gasteiger partial charge in [0.1, 0.15) is 11.4 Å². The predicted octanol–water partition coefficient (Wildman–Crippen LogP) is 5.33. The molecule has 5 N–H and O–H groups in total. The van der Waals surface area contributed by atoms with E-state index in [1.807, 2.05) is 58.3 Å². The quantitative estimate of drug-likeness (QED) is 0.139. The Morgan fingerprint density at radius 1 is 0.750 bits per heavy atom. The van der Waals surface area contributed by atoms with Gasteiger partial charge in [-0.3, -0.25) is 9.59 Å². The van der Waals surface area contributed by atoms with E-state index in [9.17, 15) is 14.4 Å². The average molecular weight is 750 g/mol. The number of benzene rings is 4. The fourth-order valence-corrected chi connectivity index (χ4v) is 8.66. The van der Waals surface area contributed by atoms with E-state index >= 15 is 0 Å². The van der Waals surface area contributed by atoms with Crippen LogP contribution in [0.4, 0.5) is 0 Å². The molecule has 6 aromatic rings. The molecule has 2 saturated heterocycles. The van der Waals surface area contributed by atoms with E-state index in [-0.39, 0.29) is 23.8 Å². The second-order valence-electron chi connectivity index (χ2n) is 15.2. The minimum atomic E-state index is -0.828. The van der Waals surface area contributed by atoms with Crippen LogP contribution in [0.1, 0.15) is 75.8 Å². The molecule has 0 radical (unpaired) electrons. The number of nitrogens with zero attached hydrogens (tertiary/aromatic N) is 2. The highest BCUT2D eigenvalue weighted by molar-refractivity contribution is 6.66. The number of hydrogen-bond donors (Lipinski definition) is 3. The molecule has 11 nitrogen and oxygen atoms in total. The highest BCUT2D eigenvalue weighted by Gasteiger charge is 2.38. The predicted molar refractivity (Wildman–Crippen MR) is 216 cm³/mol. The fourth-order valence-electron chi connectivity index (χ4n) is 8.66. The molecule has 2 amide bonds. The Labute approximate surface area is 324 Å². The molecule has 0 aliphatic carbocycles. The van der Waals surface area contributed by atoms with Crippen molar-refractivity contribution in [3.05, 3.63) is 135 Å². The molecule has 2 fully saturated rings. The maximum atomic E-state index is 13.7. The largest absolute Gasteiger partial charge is 0.633 e. The van der Waals surface area contributed by atoms with E-state index < -0.39 is 12.7 Å². The Hall–Kier alpha value is -5.85. The van der Waals surface area contributed by atoms with E-state index in [4.69, 9.17) is 25.2 Å². The van der Waals surface area contributed by atoms with Gasteiger partial charge in [-0.25, -0.2) is 4.79 Å². The van der Waals surface area contributed by atoms with Crippen LogP contribution >= 0.6 is 0 Å². The minimum Gasteiger partial charge on any atom is -0.519 e. The van der Waals surface area contributed by atoms with Crippen molar-refractivity contribution in [2.45, 2.75) is 57.0 Å². The van der Waals surface area contributed by atoms with Crippen molar-refractivity contribution >= 4 is 46.3 Å². The van der Waals surface area contributed by atoms with Gasteiger partial charge < -0.3 is 40.0 Å². The summed E-state index contributed by atoms with van der Waals surface area (Å²) in [6.45, 7) is 3.61. The highest BCUT2D eigenvalue weighted by atomic mass is 16.6. The summed E-state index contributed by atoms with van der Waals surface area (Å²) < 4.78 is 18.5. The summed E-state index contributed by atoms with van der Waals surface area (Å²) in [7, 11) is -0.828. The summed E-state index contributed by atoms with van der Waals surface area (Å²) >= 11 is 0. The van der Waals surface area contributed by atoms with Crippen LogP contribution in [0.15, 0.2) is 100 Å². The number of aromatic nitrogens is 1. The number of fused-ring (bicyclic) bond motifs is 4. The fraction of sp³-hybridized carbons (Fsp3) is 0.295. The number of aromatic amines is 1. The minimum absolute atomic E-state index is 0.0418. The van der Waals surface area contributed by atoms with Crippen LogP contribution < -0.4 is 31.9 Å². The van der Waals surface area contributed by atoms with Gasteiger partial charge in [0.2, 0.25) is 5.91 Å². The lowest BCUT2D eigenvalue weighted by Crippen LogP contribution is -2.39. The molecule has 9 rings (SSSR count). The van der Waals surface area contributed by atoms with E-state index in [0.717, 1.165) is 53.2 Å². The molecule has 4 aromatic carbocycles. The summed E-state index contributed by atoms with van der Waals surface area (Å²) in [4.78, 5) is 47.5. The van der Waals surface area contributed by atoms with Gasteiger partial charge in [0.05, 0.1) is 6.42 Å². The van der Waals surface area contributed by atoms with Crippen molar-refractivity contribution < 1.29 is 23.3 Å². The summed E-state index contributed by atoms with van der Waals surface area (Å²) in [6, 6.07) is 29.7. The number of nitrogens with one attached hydrogen (secondary N) is 1. The molecule has 56 heavy (non-hydrogen) atoms. The lowest BCUT2D eigenvalue weighted by molar-refractivity contribution is -0.131. The van der Waals surface area contributed by atoms with Gasteiger partial charge in [-0.2, -0.15) is 0 Å². The molecule has 3 aliphatic rings. The van der Waals surface area contributed by atoms with Crippen molar-refractivity contribution in [2.24, 2.45) is 11.5 Å². The first kappa shape index (κ1) is 35.8. The molecule has 2 aromatic heterocycles. The zero-order chi connectivity index (χ0) is 38.3. The molecule has 0 bridgehead atoms. The van der Waals surface area contributed by atoms with Gasteiger partial charge in [-0.15, -0.1) is 0 Å². The lowest BCUT2D eigenvalue weighted by Gasteiger charge is -2.32. The number of nitrogens with two attached hydrogens (primary N) is 2. The van der Waals surface area contributed by atoms with Crippen LogP contribution in [0.3, 0.4) is 0 Å². The summed E-state index contributed by atoms with van der Waals surface area (Å²) in [5, 5.41) is 1.44. The van der Waals surface area contributed by atoms with E-state index in [2.05, 4.69) is 35.3 Å². The average Bonchev–Trinajstić information content (AvgIpc) is 3.89. The van der Waals surface area contributed by atoms with Gasteiger partial charge in [-0.05, 0) is 90.1 Å². The van der Waals surface area contributed by atoms with Crippen molar-refractivity contribution in [2.75, 3.05) is 26.2 Å². The third-order valence-electron chi connectivity index (χ3n) is 11.8. The van der Waals surface area contributed by atoms with Gasteiger partial charge in [-0.1, -0.05) is 60.7 Å². The van der Waals surface area contributed by atoms with Crippen LogP contribution in [0.25, 0.3) is 21.9 Å². The summed E-state index contributed by atoms with van der Waals surface area (Å²) in [5.41, 5.74) is 18.5. The number of carbonyl (C=O) groups excluding carboxylic acids is 2. The number of amides is 2. The van der Waals surface area contributed by atoms with Crippen molar-refractivity contribution in [3.8, 4) is 11.5 Å². The topological polar surface area (TPSA) is 157 Å². The van der Waals surface area contributed by atoms with Crippen LogP contribution in [-0.2, 0) is 24.3 Å². The van der Waals surface area contributed by atoms with Crippen LogP contribution in [0.2, 0.25) is 0 Å². The number of rotatable bonds is 8. The van der Waals surface area contributed by atoms with E-state index in [0.29, 0.717) is 79.2 Å². The number of hydrogen-bond acceptors (Lipinski definition) is 8. The van der Waals surface area contributed by atoms with Gasteiger partial charge in [0, 0.05) is 66.6 Å². The van der Waals surface area contributed by atoms with Gasteiger partial charge >= 0.3 is 12.7 Å². The molecule has 284 valence electrons. The molecule has 12 heteroatoms. The number of carbonyl (C=O) groups is 2. The van der Waals surface area contributed by atoms with Gasteiger partial charge in [0.25, 0.3) is 5.91 Å². The maximum Gasteiger partial charge on any atom is 0.633 e. The van der Waals surface area contributed by atoms with Crippen LogP contribution in [0, 0.1) is 0 Å². The molecule has 3 aliphatic heterocycles. The molecule has 0 atom stereocenters. The van der Waals surface area contributed by atoms with Crippen molar-refractivity contribution in [1.29, 1.82) is 0 Å². The molecule has 0 saturated carbocycles. The van der Waals surface area contributed by atoms with Crippen LogP contribution in [-0.4, -0.2) is 59.9 Å². The number of likely N-dealkylation sites (tertiary alicyclic amines) is 2. The second kappa shape index (κ2) is 15.0. The third-order valence-corrected chi connectivity index (χ3v) is 11.8. The van der Waals surface area contributed by atoms with Crippen molar-refractivity contribution in [1.82, 2.24) is 14.8 Å². The monoisotopic (exact) mass is 749 g/mol. The zero-order valence-electron chi connectivity index (χ0n) is 31.2. The molecule has 0 spiro atoms. The Balaban J connectivity index is 0.869. The van der Waals surface area contributed by atoms with E-state index in [1.54, 1.807) is 12.1 Å². The number of H-pyrrole nitrogens is 1. The zero-order valence-corrected chi connectivity index (χ0v) is 31.2. The standard InChI is InChI=1S/C44H44BN5O6/c46-25-27-4-1-6-31(20-27)29-12-16-49(17-13-29)40(51)23-34-22-33-10-11-39-42(41(33)54-44(34)53)56-45(55-39)36-8-3-9-37-35(36)24-38(48-37)43(52)50-18-14-30(15-19-50)32-7-2-5-28(21-32)26-47/h1-11,20-22,24,29-30,48H,12-19,23,25-26,46-47H2. The normalized spacial score (nSPS) is 16.3. The van der Waals surface area contributed by atoms with Gasteiger partial charge in [0.15, 0.2) is 11.3 Å². The molecule has 0 unspecified atom stereocenters. The van der Waals surface area contributed by atoms with E-state index in [1.165, 1.54) is 11.1 Å². The highest BCUT2D eigenvalue weighted by Crippen LogP contribution is 2.40. The first-order valence-corrected chi connectivity index (χ1v) is 19.5. The smallest absolute Gasteiger partial charge is 0.519 e. The summed E-state index contributed by atoms with van der Waals surface area (Å²) in [5.74, 6) is 1.40. The van der Waals surface area contributed by atoms with Crippen LogP contribution in [0.5, 0.6) is 11.5 Å². The first-order chi connectivity index (χ1) is 27.3. The Morgan fingerprint density at radius 2 is 1.39 bits per heavy atom. The molecule has 5 heterocycles. The first-order valence-electron chi connectivity index (χ1n) is 19.5. The maximum absolute atomic E-state index is 13.7. The lowest BCUT2D eigenvalue weighted by atomic mass is 9.77. The molecular weight excluding hydrogens is 705 g/mol. The Bertz CT molecular complexity index is 2520. The van der Waals surface area contributed by atoms with Crippen molar-refractivity contribution in [3.63, 3.8) is 0 Å². The SMILES string of the molecule is NCc1cccc(C2CCN(C(=O)Cc3cc4ccc5c(c4oc3=O)OB(c3cccc4[nH]c(C(=O)N6CCC(c7cccc(CN)c7)CC6)cc34)O5)CC2)c1. The number of piperidine rings is 2. The second-order valence-corrected chi connectivity index (χ2v) is 15.2. The Kier molecular flexibility index (Phi) is 9.60. The third kappa shape index (κ3) is 6.84. The Morgan fingerprint density at radius 3 is 2.05 bits per heavy atom. The molecular formula is C44H44BN5O6. The summed E-state index contributed by atoms with van der Waals surface area (Å²) in [6.07, 6.45) is 3.45.